The van der Waals surface area contributed by atoms with Crippen LogP contribution >= 0.6 is 11.3 Å². The Bertz CT molecular complexity index is 401. The highest BCUT2D eigenvalue weighted by atomic mass is 32.1. The summed E-state index contributed by atoms with van der Waals surface area (Å²) in [5, 5.41) is 4.40. The number of methoxy groups -OCH3 is 1. The number of hydrogen-bond donors (Lipinski definition) is 2. The van der Waals surface area contributed by atoms with E-state index in [2.05, 4.69) is 10.1 Å². The molecule has 6 heteroatoms. The largest absolute Gasteiger partial charge is 0.467 e. The summed E-state index contributed by atoms with van der Waals surface area (Å²) in [6.07, 6.45) is 0. The van der Waals surface area contributed by atoms with Crippen LogP contribution in [0, 0.1) is 0 Å². The first-order valence-corrected chi connectivity index (χ1v) is 5.96. The number of amides is 1. The van der Waals surface area contributed by atoms with E-state index in [0.717, 1.165) is 4.88 Å². The van der Waals surface area contributed by atoms with E-state index in [1.807, 2.05) is 11.4 Å². The molecular formula is C11H16N2O3S. The van der Waals surface area contributed by atoms with E-state index in [1.165, 1.54) is 18.4 Å². The van der Waals surface area contributed by atoms with Crippen molar-refractivity contribution in [3.8, 4) is 0 Å². The highest BCUT2D eigenvalue weighted by molar-refractivity contribution is 7.10. The van der Waals surface area contributed by atoms with Gasteiger partial charge in [0.2, 0.25) is 5.91 Å². The molecule has 0 aliphatic carbocycles. The van der Waals surface area contributed by atoms with Crippen LogP contribution in [-0.4, -0.2) is 24.5 Å². The molecule has 1 rings (SSSR count). The summed E-state index contributed by atoms with van der Waals surface area (Å²) in [6.45, 7) is 3.13. The molecule has 0 radical (unpaired) electrons. The van der Waals surface area contributed by atoms with Gasteiger partial charge in [0.25, 0.3) is 0 Å². The van der Waals surface area contributed by atoms with Gasteiger partial charge in [-0.1, -0.05) is 6.07 Å². The summed E-state index contributed by atoms with van der Waals surface area (Å²) >= 11 is 1.40. The topological polar surface area (TPSA) is 81.4 Å². The van der Waals surface area contributed by atoms with Crippen molar-refractivity contribution in [2.24, 2.45) is 5.73 Å². The van der Waals surface area contributed by atoms with Gasteiger partial charge in [0.1, 0.15) is 11.6 Å². The van der Waals surface area contributed by atoms with Crippen LogP contribution in [-0.2, 0) is 14.3 Å². The predicted octanol–water partition coefficient (Wildman–Crippen LogP) is 0.816. The molecule has 1 unspecified atom stereocenters. The van der Waals surface area contributed by atoms with Crippen LogP contribution in [0.5, 0.6) is 0 Å². The van der Waals surface area contributed by atoms with Gasteiger partial charge in [-0.2, -0.15) is 0 Å². The first kappa shape index (κ1) is 13.7. The van der Waals surface area contributed by atoms with Crippen LogP contribution in [0.15, 0.2) is 17.5 Å². The third-order valence-corrected chi connectivity index (χ3v) is 3.22. The molecule has 0 aromatic carbocycles. The van der Waals surface area contributed by atoms with Crippen molar-refractivity contribution in [1.82, 2.24) is 5.32 Å². The zero-order chi connectivity index (χ0) is 13.1. The van der Waals surface area contributed by atoms with Crippen LogP contribution in [0.1, 0.15) is 24.8 Å². The second-order valence-electron chi connectivity index (χ2n) is 4.10. The van der Waals surface area contributed by atoms with E-state index in [-0.39, 0.29) is 0 Å². The third kappa shape index (κ3) is 3.28. The van der Waals surface area contributed by atoms with E-state index in [1.54, 1.807) is 19.9 Å². The quantitative estimate of drug-likeness (QED) is 0.781. The van der Waals surface area contributed by atoms with Gasteiger partial charge in [0, 0.05) is 4.88 Å². The smallest absolute Gasteiger partial charge is 0.330 e. The van der Waals surface area contributed by atoms with Crippen molar-refractivity contribution in [3.05, 3.63) is 22.4 Å². The Kier molecular flexibility index (Phi) is 4.25. The van der Waals surface area contributed by atoms with Crippen molar-refractivity contribution in [3.63, 3.8) is 0 Å². The first-order valence-electron chi connectivity index (χ1n) is 5.08. The Labute approximate surface area is 104 Å². The molecule has 0 bridgehead atoms. The number of carbonyl (C=O) groups excluding carboxylic acids is 2. The van der Waals surface area contributed by atoms with Crippen molar-refractivity contribution in [2.45, 2.75) is 25.4 Å². The van der Waals surface area contributed by atoms with E-state index in [0.29, 0.717) is 0 Å². The Morgan fingerprint density at radius 1 is 1.53 bits per heavy atom. The second-order valence-corrected chi connectivity index (χ2v) is 5.08. The second kappa shape index (κ2) is 5.29. The Balaban J connectivity index is 2.69. The van der Waals surface area contributed by atoms with Gasteiger partial charge < -0.3 is 15.8 Å². The van der Waals surface area contributed by atoms with Gasteiger partial charge in [-0.3, -0.25) is 4.79 Å². The van der Waals surface area contributed by atoms with Gasteiger partial charge in [-0.05, 0) is 25.3 Å². The standard InChI is InChI=1S/C11H16N2O3S/c1-11(2,10(15)16-3)13-9(14)8(12)7-5-4-6-17-7/h4-6,8H,12H2,1-3H3,(H,13,14). The minimum atomic E-state index is -1.08. The molecular weight excluding hydrogens is 240 g/mol. The zero-order valence-corrected chi connectivity index (χ0v) is 10.8. The molecule has 1 aromatic heterocycles. The maximum atomic E-state index is 11.8. The summed E-state index contributed by atoms with van der Waals surface area (Å²) < 4.78 is 4.59. The highest BCUT2D eigenvalue weighted by Crippen LogP contribution is 2.17. The Morgan fingerprint density at radius 2 is 2.18 bits per heavy atom. The lowest BCUT2D eigenvalue weighted by atomic mass is 10.1. The number of hydrogen-bond acceptors (Lipinski definition) is 5. The summed E-state index contributed by atoms with van der Waals surface area (Å²) in [4.78, 5) is 24.0. The lowest BCUT2D eigenvalue weighted by Crippen LogP contribution is -2.52. The van der Waals surface area contributed by atoms with Crippen LogP contribution in [0.2, 0.25) is 0 Å². The number of esters is 1. The molecule has 94 valence electrons. The molecule has 0 aliphatic heterocycles. The Morgan fingerprint density at radius 3 is 2.65 bits per heavy atom. The summed E-state index contributed by atoms with van der Waals surface area (Å²) in [5.74, 6) is -0.910. The SMILES string of the molecule is COC(=O)C(C)(C)NC(=O)C(N)c1cccs1. The molecule has 3 N–H and O–H groups in total. The van der Waals surface area contributed by atoms with Gasteiger partial charge in [-0.25, -0.2) is 4.79 Å². The number of thiophene rings is 1. The van der Waals surface area contributed by atoms with Crippen molar-refractivity contribution >= 4 is 23.2 Å². The fourth-order valence-electron chi connectivity index (χ4n) is 1.29. The molecule has 17 heavy (non-hydrogen) atoms. The highest BCUT2D eigenvalue weighted by Gasteiger charge is 2.32. The van der Waals surface area contributed by atoms with Gasteiger partial charge in [0.15, 0.2) is 0 Å². The van der Waals surface area contributed by atoms with Crippen LogP contribution in [0.25, 0.3) is 0 Å². The summed E-state index contributed by atoms with van der Waals surface area (Å²) in [5.41, 5.74) is 4.70. The van der Waals surface area contributed by atoms with Crippen molar-refractivity contribution in [2.75, 3.05) is 7.11 Å². The summed E-state index contributed by atoms with van der Waals surface area (Å²) in [6, 6.07) is 2.83. The monoisotopic (exact) mass is 256 g/mol. The molecule has 1 atom stereocenters. The maximum absolute atomic E-state index is 11.8. The van der Waals surface area contributed by atoms with E-state index in [9.17, 15) is 9.59 Å². The normalized spacial score (nSPS) is 12.9. The molecule has 0 aliphatic rings. The minimum absolute atomic E-state index is 0.400. The number of rotatable bonds is 4. The van der Waals surface area contributed by atoms with Crippen molar-refractivity contribution in [1.29, 1.82) is 0 Å². The number of ether oxygens (including phenoxy) is 1. The summed E-state index contributed by atoms with van der Waals surface area (Å²) in [7, 11) is 1.27. The average Bonchev–Trinajstić information content (AvgIpc) is 2.79. The van der Waals surface area contributed by atoms with Crippen molar-refractivity contribution < 1.29 is 14.3 Å². The third-order valence-electron chi connectivity index (χ3n) is 2.26. The molecule has 1 amide bonds. The molecule has 1 aromatic rings. The number of nitrogens with one attached hydrogen (secondary N) is 1. The van der Waals surface area contributed by atoms with Gasteiger partial charge >= 0.3 is 5.97 Å². The lowest BCUT2D eigenvalue weighted by Gasteiger charge is -2.24. The maximum Gasteiger partial charge on any atom is 0.330 e. The van der Waals surface area contributed by atoms with Crippen LogP contribution in [0.4, 0.5) is 0 Å². The molecule has 0 saturated heterocycles. The fourth-order valence-corrected chi connectivity index (χ4v) is 2.01. The van der Waals surface area contributed by atoms with E-state index in [4.69, 9.17) is 5.73 Å². The number of nitrogens with two attached hydrogens (primary N) is 1. The number of carbonyl (C=O) groups is 2. The predicted molar refractivity (Wildman–Crippen MR) is 65.5 cm³/mol. The minimum Gasteiger partial charge on any atom is -0.467 e. The zero-order valence-electron chi connectivity index (χ0n) is 10.0. The molecule has 0 spiro atoms. The van der Waals surface area contributed by atoms with Crippen LogP contribution in [0.3, 0.4) is 0 Å². The molecule has 0 saturated carbocycles. The van der Waals surface area contributed by atoms with Gasteiger partial charge in [-0.15, -0.1) is 11.3 Å². The fraction of sp³-hybridized carbons (Fsp3) is 0.455. The van der Waals surface area contributed by atoms with Crippen LogP contribution < -0.4 is 11.1 Å². The van der Waals surface area contributed by atoms with E-state index < -0.39 is 23.5 Å². The average molecular weight is 256 g/mol. The van der Waals surface area contributed by atoms with E-state index >= 15 is 0 Å². The lowest BCUT2D eigenvalue weighted by molar-refractivity contribution is -0.149. The Hall–Kier alpha value is -1.40. The molecule has 0 fully saturated rings. The first-order chi connectivity index (χ1) is 7.88. The van der Waals surface area contributed by atoms with Gasteiger partial charge in [0.05, 0.1) is 7.11 Å². The molecule has 5 nitrogen and oxygen atoms in total. The molecule has 1 heterocycles.